The Bertz CT molecular complexity index is 2590. The summed E-state index contributed by atoms with van der Waals surface area (Å²) >= 11 is 0. The molecular formula is C56H51N5. The lowest BCUT2D eigenvalue weighted by atomic mass is 10.1. The molecule has 0 aromatic heterocycles. The average Bonchev–Trinajstić information content (AvgIpc) is 3.29. The van der Waals surface area contributed by atoms with Crippen LogP contribution in [0.25, 0.3) is 0 Å². The van der Waals surface area contributed by atoms with Crippen LogP contribution in [0.3, 0.4) is 0 Å². The lowest BCUT2D eigenvalue weighted by molar-refractivity contribution is 1.17. The Morgan fingerprint density at radius 1 is 0.344 bits per heavy atom. The van der Waals surface area contributed by atoms with E-state index in [-0.39, 0.29) is 0 Å². The number of nitrogens with zero attached hydrogens (tertiary/aromatic N) is 4. The zero-order valence-electron chi connectivity index (χ0n) is 35.2. The molecule has 0 unspecified atom stereocenters. The number of nitrogens with two attached hydrogens (primary N) is 1. The summed E-state index contributed by atoms with van der Waals surface area (Å²) in [4.78, 5) is 9.12. The highest BCUT2D eigenvalue weighted by molar-refractivity contribution is 5.84. The SMILES string of the molecule is CC(C)=C/C(=C\N)N(c1ccccc1)c1ccc(N(c2ccc(N(c3ccccc3)c3cccc(C)c3)cc2)c2ccc(N(c3ccccc3)c3cccc(C)c3)cc2)cc1. The van der Waals surface area contributed by atoms with Crippen LogP contribution in [-0.4, -0.2) is 0 Å². The molecule has 2 N–H and O–H groups in total. The van der Waals surface area contributed by atoms with Gasteiger partial charge in [0.2, 0.25) is 0 Å². The molecule has 8 aromatic carbocycles. The Hall–Kier alpha value is -7.76. The van der Waals surface area contributed by atoms with Crippen LogP contribution in [0.1, 0.15) is 25.0 Å². The molecule has 0 heterocycles. The topological polar surface area (TPSA) is 39.0 Å². The molecule has 0 bridgehead atoms. The van der Waals surface area contributed by atoms with Gasteiger partial charge in [0.05, 0.1) is 5.70 Å². The molecule has 8 rings (SSSR count). The number of anilines is 11. The summed E-state index contributed by atoms with van der Waals surface area (Å²) in [5.41, 5.74) is 22.5. The molecule has 61 heavy (non-hydrogen) atoms. The molecule has 0 amide bonds. The quantitative estimate of drug-likeness (QED) is 0.118. The highest BCUT2D eigenvalue weighted by Gasteiger charge is 2.20. The van der Waals surface area contributed by atoms with Crippen LogP contribution in [-0.2, 0) is 0 Å². The second kappa shape index (κ2) is 18.4. The van der Waals surface area contributed by atoms with Crippen LogP contribution < -0.4 is 25.3 Å². The number of hydrogen-bond acceptors (Lipinski definition) is 5. The first kappa shape index (κ1) is 40.0. The molecule has 0 radical (unpaired) electrons. The van der Waals surface area contributed by atoms with Crippen LogP contribution in [0.4, 0.5) is 62.6 Å². The van der Waals surface area contributed by atoms with Crippen LogP contribution in [0.2, 0.25) is 0 Å². The van der Waals surface area contributed by atoms with E-state index >= 15 is 0 Å². The van der Waals surface area contributed by atoms with Crippen molar-refractivity contribution in [2.45, 2.75) is 27.7 Å². The third kappa shape index (κ3) is 9.12. The van der Waals surface area contributed by atoms with Gasteiger partial charge in [-0.05, 0) is 178 Å². The van der Waals surface area contributed by atoms with E-state index in [0.29, 0.717) is 0 Å². The van der Waals surface area contributed by atoms with Gasteiger partial charge in [0, 0.05) is 68.8 Å². The maximum Gasteiger partial charge on any atom is 0.0615 e. The molecule has 0 saturated heterocycles. The van der Waals surface area contributed by atoms with Crippen molar-refractivity contribution in [2.24, 2.45) is 5.73 Å². The molecule has 0 aliphatic heterocycles. The van der Waals surface area contributed by atoms with Crippen molar-refractivity contribution in [1.29, 1.82) is 0 Å². The van der Waals surface area contributed by atoms with Gasteiger partial charge >= 0.3 is 0 Å². The van der Waals surface area contributed by atoms with Gasteiger partial charge in [-0.2, -0.15) is 0 Å². The number of allylic oxidation sites excluding steroid dienone is 2. The number of benzene rings is 8. The number of para-hydroxylation sites is 3. The second-order valence-electron chi connectivity index (χ2n) is 15.4. The minimum absolute atomic E-state index is 0.898. The fourth-order valence-electron chi connectivity index (χ4n) is 7.79. The minimum atomic E-state index is 0.898. The van der Waals surface area contributed by atoms with Crippen molar-refractivity contribution in [3.8, 4) is 0 Å². The summed E-state index contributed by atoms with van der Waals surface area (Å²) in [5.74, 6) is 0. The van der Waals surface area contributed by atoms with Crippen molar-refractivity contribution in [1.82, 2.24) is 0 Å². The maximum absolute atomic E-state index is 6.29. The first-order valence-electron chi connectivity index (χ1n) is 20.7. The minimum Gasteiger partial charge on any atom is -0.403 e. The largest absolute Gasteiger partial charge is 0.403 e. The Morgan fingerprint density at radius 3 is 0.951 bits per heavy atom. The second-order valence-corrected chi connectivity index (χ2v) is 15.4. The Balaban J connectivity index is 1.23. The first-order valence-corrected chi connectivity index (χ1v) is 20.7. The monoisotopic (exact) mass is 793 g/mol. The lowest BCUT2D eigenvalue weighted by Crippen LogP contribution is -2.17. The molecule has 300 valence electrons. The van der Waals surface area contributed by atoms with Gasteiger partial charge in [-0.1, -0.05) is 84.4 Å². The van der Waals surface area contributed by atoms with E-state index in [1.165, 1.54) is 11.1 Å². The Labute approximate surface area is 361 Å². The Morgan fingerprint density at radius 2 is 0.623 bits per heavy atom. The van der Waals surface area contributed by atoms with Crippen molar-refractivity contribution in [3.05, 3.63) is 247 Å². The summed E-state index contributed by atoms with van der Waals surface area (Å²) < 4.78 is 0. The van der Waals surface area contributed by atoms with Gasteiger partial charge in [-0.25, -0.2) is 0 Å². The van der Waals surface area contributed by atoms with E-state index in [1.54, 1.807) is 6.20 Å². The maximum atomic E-state index is 6.29. The van der Waals surface area contributed by atoms with Gasteiger partial charge < -0.3 is 25.3 Å². The van der Waals surface area contributed by atoms with Crippen molar-refractivity contribution in [3.63, 3.8) is 0 Å². The number of aryl methyl sites for hydroxylation is 2. The van der Waals surface area contributed by atoms with Gasteiger partial charge in [0.25, 0.3) is 0 Å². The van der Waals surface area contributed by atoms with E-state index < -0.39 is 0 Å². The molecule has 5 heteroatoms. The van der Waals surface area contributed by atoms with Gasteiger partial charge in [-0.15, -0.1) is 0 Å². The summed E-state index contributed by atoms with van der Waals surface area (Å²) in [6.45, 7) is 8.45. The molecule has 5 nitrogen and oxygen atoms in total. The summed E-state index contributed by atoms with van der Waals surface area (Å²) in [7, 11) is 0. The van der Waals surface area contributed by atoms with E-state index in [1.807, 2.05) is 6.07 Å². The lowest BCUT2D eigenvalue weighted by Gasteiger charge is -2.30. The standard InChI is InChI=1S/C56H51N5/c1-42(2)38-56(41-57)61(47-22-12-7-13-23-47)53-36-30-50(31-37-53)58(48-26-32-51(33-27-48)59(45-18-8-5-9-19-45)54-24-14-16-43(3)39-54)49-28-34-52(35-29-49)60(46-20-10-6-11-21-46)55-25-15-17-44(4)40-55/h5-41H,57H2,1-4H3/b56-41+. The highest BCUT2D eigenvalue weighted by Crippen LogP contribution is 2.42. The summed E-state index contributed by atoms with van der Waals surface area (Å²) in [5, 5.41) is 0. The predicted octanol–water partition coefficient (Wildman–Crippen LogP) is 15.6. The van der Waals surface area contributed by atoms with Gasteiger partial charge in [0.1, 0.15) is 0 Å². The molecule has 0 fully saturated rings. The van der Waals surface area contributed by atoms with Crippen molar-refractivity contribution < 1.29 is 0 Å². The molecule has 0 aliphatic rings. The first-order chi connectivity index (χ1) is 29.9. The predicted molar refractivity (Wildman–Crippen MR) is 260 cm³/mol. The molecule has 0 atom stereocenters. The molecule has 0 spiro atoms. The van der Waals surface area contributed by atoms with Crippen LogP contribution >= 0.6 is 0 Å². The molecular weight excluding hydrogens is 743 g/mol. The molecule has 0 aliphatic carbocycles. The van der Waals surface area contributed by atoms with Crippen LogP contribution in [0.15, 0.2) is 236 Å². The van der Waals surface area contributed by atoms with Crippen LogP contribution in [0.5, 0.6) is 0 Å². The normalized spacial score (nSPS) is 11.1. The van der Waals surface area contributed by atoms with Gasteiger partial charge in [0.15, 0.2) is 0 Å². The van der Waals surface area contributed by atoms with E-state index in [4.69, 9.17) is 5.73 Å². The summed E-state index contributed by atoms with van der Waals surface area (Å²) in [6.07, 6.45) is 3.79. The fraction of sp³-hybridized carbons (Fsp3) is 0.0714. The van der Waals surface area contributed by atoms with E-state index in [9.17, 15) is 0 Å². The summed E-state index contributed by atoms with van der Waals surface area (Å²) in [6, 6.07) is 75.2. The third-order valence-electron chi connectivity index (χ3n) is 10.5. The average molecular weight is 794 g/mol. The van der Waals surface area contributed by atoms with Gasteiger partial charge in [-0.3, -0.25) is 0 Å². The zero-order valence-corrected chi connectivity index (χ0v) is 35.2. The van der Waals surface area contributed by atoms with Crippen molar-refractivity contribution in [2.75, 3.05) is 19.6 Å². The van der Waals surface area contributed by atoms with Crippen LogP contribution in [0, 0.1) is 13.8 Å². The smallest absolute Gasteiger partial charge is 0.0615 e. The fourth-order valence-corrected chi connectivity index (χ4v) is 7.79. The third-order valence-corrected chi connectivity index (χ3v) is 10.5. The van der Waals surface area contributed by atoms with E-state index in [0.717, 1.165) is 73.8 Å². The molecule has 0 saturated carbocycles. The Kier molecular flexibility index (Phi) is 12.1. The zero-order chi connectivity index (χ0) is 42.1. The van der Waals surface area contributed by atoms with E-state index in [2.05, 4.69) is 260 Å². The van der Waals surface area contributed by atoms with Crippen molar-refractivity contribution >= 4 is 62.6 Å². The molecule has 8 aromatic rings. The number of hydrogen-bond donors (Lipinski definition) is 1. The number of rotatable bonds is 13. The highest BCUT2D eigenvalue weighted by atomic mass is 15.2.